The highest BCUT2D eigenvalue weighted by Crippen LogP contribution is 2.65. The maximum Gasteiger partial charge on any atom is 0.335 e. The number of esters is 2. The molecule has 1 aromatic rings. The van der Waals surface area contributed by atoms with Crippen LogP contribution in [0.15, 0.2) is 47.2 Å². The molecule has 0 amide bonds. The SMILES string of the molecule is COC(=O)C1=C2Nc3ccccc3[C@@]23CCN2CCC[C@@]([C@H](C)OC(=O)C=C(C)C)(C1)[C@H]23. The van der Waals surface area contributed by atoms with Crippen molar-refractivity contribution in [3.63, 3.8) is 0 Å². The number of para-hydroxylation sites is 1. The van der Waals surface area contributed by atoms with Gasteiger partial charge in [-0.05, 0) is 71.2 Å². The summed E-state index contributed by atoms with van der Waals surface area (Å²) in [5, 5.41) is 3.61. The zero-order chi connectivity index (χ0) is 22.7. The highest BCUT2D eigenvalue weighted by atomic mass is 16.5. The first kappa shape index (κ1) is 21.3. The number of methoxy groups -OCH3 is 1. The Kier molecular flexibility index (Phi) is 4.97. The maximum atomic E-state index is 13.1. The van der Waals surface area contributed by atoms with E-state index in [1.54, 1.807) is 6.08 Å². The number of fused-ring (bicyclic) bond motifs is 1. The number of nitrogens with zero attached hydrogens (tertiary/aromatic N) is 1. The Bertz CT molecular complexity index is 1040. The molecular weight excluding hydrogens is 404 g/mol. The van der Waals surface area contributed by atoms with E-state index in [1.807, 2.05) is 26.8 Å². The molecule has 6 nitrogen and oxygen atoms in total. The number of hydrogen-bond donors (Lipinski definition) is 1. The van der Waals surface area contributed by atoms with Gasteiger partial charge in [-0.2, -0.15) is 0 Å². The van der Waals surface area contributed by atoms with Gasteiger partial charge in [-0.1, -0.05) is 23.8 Å². The van der Waals surface area contributed by atoms with Gasteiger partial charge in [0.05, 0.1) is 18.1 Å². The van der Waals surface area contributed by atoms with Crippen LogP contribution in [0.25, 0.3) is 0 Å². The van der Waals surface area contributed by atoms with Crippen LogP contribution in [0.1, 0.15) is 52.0 Å². The van der Waals surface area contributed by atoms with Crippen LogP contribution in [0.2, 0.25) is 0 Å². The minimum absolute atomic E-state index is 0.165. The predicted molar refractivity (Wildman–Crippen MR) is 122 cm³/mol. The van der Waals surface area contributed by atoms with E-state index in [4.69, 9.17) is 9.47 Å². The van der Waals surface area contributed by atoms with E-state index in [0.29, 0.717) is 12.0 Å². The molecule has 4 atom stereocenters. The van der Waals surface area contributed by atoms with Crippen LogP contribution < -0.4 is 5.32 Å². The lowest BCUT2D eigenvalue weighted by Crippen LogP contribution is -2.64. The van der Waals surface area contributed by atoms with Crippen LogP contribution in [0.4, 0.5) is 5.69 Å². The summed E-state index contributed by atoms with van der Waals surface area (Å²) in [6, 6.07) is 8.56. The molecule has 1 N–H and O–H groups in total. The predicted octanol–water partition coefficient (Wildman–Crippen LogP) is 3.93. The summed E-state index contributed by atoms with van der Waals surface area (Å²) in [4.78, 5) is 28.3. The van der Waals surface area contributed by atoms with E-state index in [-0.39, 0.29) is 34.9 Å². The summed E-state index contributed by atoms with van der Waals surface area (Å²) in [6.07, 6.45) is 4.64. The molecular formula is C26H32N2O4. The van der Waals surface area contributed by atoms with Crippen molar-refractivity contribution < 1.29 is 19.1 Å². The van der Waals surface area contributed by atoms with Crippen LogP contribution in [-0.2, 0) is 24.5 Å². The largest absolute Gasteiger partial charge is 0.466 e. The van der Waals surface area contributed by atoms with E-state index < -0.39 is 0 Å². The van der Waals surface area contributed by atoms with Gasteiger partial charge >= 0.3 is 11.9 Å². The first-order chi connectivity index (χ1) is 15.3. The molecule has 0 radical (unpaired) electrons. The van der Waals surface area contributed by atoms with E-state index in [0.717, 1.165) is 49.3 Å². The number of piperidine rings is 1. The van der Waals surface area contributed by atoms with Gasteiger partial charge in [-0.3, -0.25) is 4.90 Å². The smallest absolute Gasteiger partial charge is 0.335 e. The van der Waals surface area contributed by atoms with E-state index in [9.17, 15) is 9.59 Å². The molecule has 1 aromatic carbocycles. The molecule has 1 aliphatic carbocycles. The van der Waals surface area contributed by atoms with Crippen LogP contribution in [0.5, 0.6) is 0 Å². The average Bonchev–Trinajstić information content (AvgIpc) is 3.32. The van der Waals surface area contributed by atoms with Crippen molar-refractivity contribution >= 4 is 17.6 Å². The van der Waals surface area contributed by atoms with Crippen molar-refractivity contribution in [1.29, 1.82) is 0 Å². The van der Waals surface area contributed by atoms with Crippen molar-refractivity contribution in [2.24, 2.45) is 5.41 Å². The summed E-state index contributed by atoms with van der Waals surface area (Å²) in [5.41, 5.74) is 4.27. The zero-order valence-electron chi connectivity index (χ0n) is 19.4. The zero-order valence-corrected chi connectivity index (χ0v) is 19.4. The third kappa shape index (κ3) is 2.81. The van der Waals surface area contributed by atoms with Gasteiger partial charge in [0.25, 0.3) is 0 Å². The number of rotatable bonds is 4. The number of carbonyl (C=O) groups is 2. The van der Waals surface area contributed by atoms with Gasteiger partial charge in [0.2, 0.25) is 0 Å². The monoisotopic (exact) mass is 436 g/mol. The number of hydrogen-bond acceptors (Lipinski definition) is 6. The summed E-state index contributed by atoms with van der Waals surface area (Å²) in [5.74, 6) is -0.597. The Hall–Kier alpha value is -2.60. The first-order valence-corrected chi connectivity index (χ1v) is 11.6. The first-order valence-electron chi connectivity index (χ1n) is 11.6. The molecule has 32 heavy (non-hydrogen) atoms. The molecule has 0 saturated carbocycles. The summed E-state index contributed by atoms with van der Waals surface area (Å²) < 4.78 is 11.3. The van der Waals surface area contributed by atoms with Crippen molar-refractivity contribution in [2.45, 2.75) is 64.0 Å². The Morgan fingerprint density at radius 3 is 2.75 bits per heavy atom. The third-order valence-electron chi connectivity index (χ3n) is 8.12. The molecule has 3 aliphatic heterocycles. The fraction of sp³-hybridized carbons (Fsp3) is 0.538. The van der Waals surface area contributed by atoms with Gasteiger partial charge in [0.1, 0.15) is 6.10 Å². The minimum atomic E-state index is -0.355. The van der Waals surface area contributed by atoms with E-state index in [1.165, 1.54) is 12.7 Å². The normalized spacial score (nSPS) is 31.1. The third-order valence-corrected chi connectivity index (χ3v) is 8.12. The van der Waals surface area contributed by atoms with Gasteiger partial charge in [-0.25, -0.2) is 9.59 Å². The molecule has 3 heterocycles. The number of anilines is 1. The second kappa shape index (κ2) is 7.48. The molecule has 2 saturated heterocycles. The average molecular weight is 437 g/mol. The van der Waals surface area contributed by atoms with Gasteiger partial charge < -0.3 is 14.8 Å². The number of ether oxygens (including phenoxy) is 2. The second-order valence-electron chi connectivity index (χ2n) is 9.99. The quantitative estimate of drug-likeness (QED) is 0.570. The van der Waals surface area contributed by atoms with Crippen LogP contribution in [0, 0.1) is 5.41 Å². The molecule has 1 spiro atoms. The Morgan fingerprint density at radius 1 is 1.22 bits per heavy atom. The molecule has 0 aromatic heterocycles. The van der Waals surface area contributed by atoms with Crippen molar-refractivity contribution in [3.8, 4) is 0 Å². The standard InChI is InChI=1S/C26H32N2O4/c1-16(2)14-21(29)32-17(3)25-10-7-12-28-13-11-26(24(25)28)19-8-5-6-9-20(19)27-22(26)18(15-25)23(30)31-4/h5-6,8-9,14,17,24,27H,7,10-13,15H2,1-4H3/t17-,24-,25-,26-/m0/s1. The fourth-order valence-corrected chi connectivity index (χ4v) is 7.02. The number of nitrogens with one attached hydrogen (secondary N) is 1. The Morgan fingerprint density at radius 2 is 2.00 bits per heavy atom. The van der Waals surface area contributed by atoms with Gasteiger partial charge in [0, 0.05) is 28.9 Å². The minimum Gasteiger partial charge on any atom is -0.466 e. The van der Waals surface area contributed by atoms with Gasteiger partial charge in [0.15, 0.2) is 0 Å². The van der Waals surface area contributed by atoms with Gasteiger partial charge in [-0.15, -0.1) is 0 Å². The lowest BCUT2D eigenvalue weighted by molar-refractivity contribution is -0.158. The maximum absolute atomic E-state index is 13.1. The van der Waals surface area contributed by atoms with Crippen molar-refractivity contribution in [2.75, 3.05) is 25.5 Å². The lowest BCUT2D eigenvalue weighted by atomic mass is 9.53. The summed E-state index contributed by atoms with van der Waals surface area (Å²) in [6.45, 7) is 7.80. The van der Waals surface area contributed by atoms with Crippen LogP contribution >= 0.6 is 0 Å². The number of allylic oxidation sites excluding steroid dienone is 1. The number of carbonyl (C=O) groups excluding carboxylic acids is 2. The molecule has 4 aliphatic rings. The topological polar surface area (TPSA) is 67.9 Å². The Balaban J connectivity index is 1.69. The van der Waals surface area contributed by atoms with Crippen molar-refractivity contribution in [3.05, 3.63) is 52.7 Å². The Labute approximate surface area is 189 Å². The summed E-state index contributed by atoms with van der Waals surface area (Å²) >= 11 is 0. The van der Waals surface area contributed by atoms with E-state index >= 15 is 0 Å². The molecule has 6 heteroatoms. The van der Waals surface area contributed by atoms with Crippen LogP contribution in [-0.4, -0.2) is 49.2 Å². The molecule has 0 bridgehead atoms. The van der Waals surface area contributed by atoms with Crippen molar-refractivity contribution in [1.82, 2.24) is 4.90 Å². The highest BCUT2D eigenvalue weighted by Gasteiger charge is 2.68. The molecule has 170 valence electrons. The lowest BCUT2D eigenvalue weighted by Gasteiger charge is -2.57. The summed E-state index contributed by atoms with van der Waals surface area (Å²) in [7, 11) is 1.45. The molecule has 0 unspecified atom stereocenters. The highest BCUT2D eigenvalue weighted by molar-refractivity contribution is 5.93. The second-order valence-corrected chi connectivity index (χ2v) is 9.99. The fourth-order valence-electron chi connectivity index (χ4n) is 7.02. The number of benzene rings is 1. The molecule has 5 rings (SSSR count). The molecule has 2 fully saturated rings. The van der Waals surface area contributed by atoms with Crippen LogP contribution in [0.3, 0.4) is 0 Å². The van der Waals surface area contributed by atoms with E-state index in [2.05, 4.69) is 28.4 Å².